The second kappa shape index (κ2) is 5.81. The van der Waals surface area contributed by atoms with Crippen LogP contribution >= 0.6 is 11.6 Å². The number of carbonyl (C=O) groups excluding carboxylic acids is 2. The summed E-state index contributed by atoms with van der Waals surface area (Å²) in [6, 6.07) is 12.1. The Morgan fingerprint density at radius 1 is 1.27 bits per heavy atom. The van der Waals surface area contributed by atoms with Crippen molar-refractivity contribution in [3.8, 4) is 5.75 Å². The largest absolute Gasteiger partial charge is 0.485 e. The van der Waals surface area contributed by atoms with E-state index >= 15 is 0 Å². The third kappa shape index (κ3) is 2.83. The molecule has 22 heavy (non-hydrogen) atoms. The van der Waals surface area contributed by atoms with Gasteiger partial charge in [-0.15, -0.1) is 0 Å². The summed E-state index contributed by atoms with van der Waals surface area (Å²) < 4.78 is 5.45. The van der Waals surface area contributed by atoms with Crippen molar-refractivity contribution in [1.29, 1.82) is 0 Å². The van der Waals surface area contributed by atoms with Crippen LogP contribution < -0.4 is 10.1 Å². The number of benzene rings is 2. The van der Waals surface area contributed by atoms with Crippen LogP contribution in [0.1, 0.15) is 28.8 Å². The van der Waals surface area contributed by atoms with E-state index in [9.17, 15) is 9.59 Å². The second-order valence-electron chi connectivity index (χ2n) is 5.18. The van der Waals surface area contributed by atoms with Crippen LogP contribution in [0, 0.1) is 0 Å². The zero-order chi connectivity index (χ0) is 15.7. The van der Waals surface area contributed by atoms with Gasteiger partial charge in [0.05, 0.1) is 5.92 Å². The molecule has 0 spiro atoms. The maximum absolute atomic E-state index is 12.2. The van der Waals surface area contributed by atoms with Crippen molar-refractivity contribution in [2.75, 3.05) is 11.9 Å². The molecule has 1 aliphatic heterocycles. The first kappa shape index (κ1) is 14.6. The fraction of sp³-hybridized carbons (Fsp3) is 0.176. The molecule has 1 heterocycles. The molecule has 0 unspecified atom stereocenters. The highest BCUT2D eigenvalue weighted by atomic mass is 35.5. The van der Waals surface area contributed by atoms with Crippen molar-refractivity contribution in [2.45, 2.75) is 12.8 Å². The predicted molar refractivity (Wildman–Crippen MR) is 84.8 cm³/mol. The predicted octanol–water partition coefficient (Wildman–Crippen LogP) is 3.66. The molecule has 2 aromatic carbocycles. The highest BCUT2D eigenvalue weighted by Crippen LogP contribution is 2.32. The third-order valence-electron chi connectivity index (χ3n) is 3.66. The van der Waals surface area contributed by atoms with Gasteiger partial charge in [-0.25, -0.2) is 0 Å². The highest BCUT2D eigenvalue weighted by molar-refractivity contribution is 6.30. The number of hydrogen-bond donors (Lipinski definition) is 1. The minimum absolute atomic E-state index is 0.0465. The Bertz CT molecular complexity index is 757. The van der Waals surface area contributed by atoms with Crippen LogP contribution in [0.3, 0.4) is 0 Å². The van der Waals surface area contributed by atoms with E-state index < -0.39 is 0 Å². The molecule has 2 aromatic rings. The summed E-state index contributed by atoms with van der Waals surface area (Å²) in [6.45, 7) is 1.74. The van der Waals surface area contributed by atoms with Crippen molar-refractivity contribution < 1.29 is 14.3 Å². The van der Waals surface area contributed by atoms with Gasteiger partial charge in [0.2, 0.25) is 5.91 Å². The maximum atomic E-state index is 12.2. The van der Waals surface area contributed by atoms with Gasteiger partial charge >= 0.3 is 0 Å². The van der Waals surface area contributed by atoms with E-state index in [0.717, 1.165) is 11.3 Å². The summed E-state index contributed by atoms with van der Waals surface area (Å²) in [5.74, 6) is 0.118. The molecule has 3 rings (SSSR count). The Kier molecular flexibility index (Phi) is 3.86. The number of anilines is 1. The molecule has 0 aliphatic carbocycles. The quantitative estimate of drug-likeness (QED) is 0.876. The summed E-state index contributed by atoms with van der Waals surface area (Å²) in [5.41, 5.74) is 2.15. The minimum atomic E-state index is -0.239. The van der Waals surface area contributed by atoms with Crippen LogP contribution in [0.25, 0.3) is 0 Å². The second-order valence-corrected chi connectivity index (χ2v) is 5.62. The Morgan fingerprint density at radius 2 is 2.09 bits per heavy atom. The number of carbonyl (C=O) groups is 2. The van der Waals surface area contributed by atoms with E-state index in [-0.39, 0.29) is 24.2 Å². The van der Waals surface area contributed by atoms with Gasteiger partial charge in [0, 0.05) is 16.3 Å². The summed E-state index contributed by atoms with van der Waals surface area (Å²) in [6.07, 6.45) is 0. The zero-order valence-electron chi connectivity index (χ0n) is 11.9. The van der Waals surface area contributed by atoms with Crippen LogP contribution in [0.15, 0.2) is 42.5 Å². The molecule has 0 radical (unpaired) electrons. The molecule has 0 fully saturated rings. The van der Waals surface area contributed by atoms with Crippen molar-refractivity contribution in [3.63, 3.8) is 0 Å². The van der Waals surface area contributed by atoms with Crippen molar-refractivity contribution in [1.82, 2.24) is 0 Å². The fourth-order valence-electron chi connectivity index (χ4n) is 2.38. The summed E-state index contributed by atoms with van der Waals surface area (Å²) in [7, 11) is 0. The maximum Gasteiger partial charge on any atom is 0.231 e. The lowest BCUT2D eigenvalue weighted by molar-refractivity contribution is -0.116. The molecule has 1 amide bonds. The number of halogens is 1. The lowest BCUT2D eigenvalue weighted by atomic mass is 9.99. The minimum Gasteiger partial charge on any atom is -0.485 e. The smallest absolute Gasteiger partial charge is 0.231 e. The lowest BCUT2D eigenvalue weighted by Gasteiger charge is -2.08. The van der Waals surface area contributed by atoms with Gasteiger partial charge in [-0.3, -0.25) is 9.59 Å². The zero-order valence-corrected chi connectivity index (χ0v) is 12.7. The third-order valence-corrected chi connectivity index (χ3v) is 3.89. The van der Waals surface area contributed by atoms with E-state index in [1.54, 1.807) is 42.5 Å². The van der Waals surface area contributed by atoms with Crippen LogP contribution in [-0.4, -0.2) is 18.3 Å². The summed E-state index contributed by atoms with van der Waals surface area (Å²) in [4.78, 5) is 23.8. The van der Waals surface area contributed by atoms with Crippen molar-refractivity contribution in [2.24, 2.45) is 0 Å². The van der Waals surface area contributed by atoms with Gasteiger partial charge in [0.1, 0.15) is 5.75 Å². The Balaban J connectivity index is 1.72. The normalized spacial score (nSPS) is 16.1. The molecular weight excluding hydrogens is 302 g/mol. The van der Waals surface area contributed by atoms with Crippen LogP contribution in [-0.2, 0) is 4.79 Å². The van der Waals surface area contributed by atoms with Crippen molar-refractivity contribution in [3.05, 3.63) is 58.6 Å². The SMILES string of the molecule is C[C@H]1C(=O)Nc2ccc(C(=O)COc3cccc(Cl)c3)cc21. The topological polar surface area (TPSA) is 55.4 Å². The van der Waals surface area contributed by atoms with E-state index in [2.05, 4.69) is 5.32 Å². The molecular formula is C17H14ClNO3. The highest BCUT2D eigenvalue weighted by Gasteiger charge is 2.27. The van der Waals surface area contributed by atoms with Gasteiger partial charge in [-0.1, -0.05) is 17.7 Å². The summed E-state index contributed by atoms with van der Waals surface area (Å²) >= 11 is 5.87. The summed E-state index contributed by atoms with van der Waals surface area (Å²) in [5, 5.41) is 3.34. The Hall–Kier alpha value is -2.33. The number of ketones is 1. The number of rotatable bonds is 4. The molecule has 0 bridgehead atoms. The monoisotopic (exact) mass is 315 g/mol. The first-order valence-corrected chi connectivity index (χ1v) is 7.29. The van der Waals surface area contributed by atoms with Gasteiger partial charge in [0.15, 0.2) is 12.4 Å². The average molecular weight is 316 g/mol. The first-order chi connectivity index (χ1) is 10.5. The van der Waals surface area contributed by atoms with E-state index in [0.29, 0.717) is 16.3 Å². The van der Waals surface area contributed by atoms with Crippen molar-refractivity contribution >= 4 is 29.0 Å². The average Bonchev–Trinajstić information content (AvgIpc) is 2.79. The standard InChI is InChI=1S/C17H14ClNO3/c1-10-14-7-11(5-6-15(14)19-17(10)21)16(20)9-22-13-4-2-3-12(18)8-13/h2-8,10H,9H2,1H3,(H,19,21)/t10-/m1/s1. The molecule has 0 saturated carbocycles. The first-order valence-electron chi connectivity index (χ1n) is 6.91. The van der Waals surface area contributed by atoms with Gasteiger partial charge in [-0.05, 0) is 48.9 Å². The van der Waals surface area contributed by atoms with E-state index in [1.807, 2.05) is 6.92 Å². The number of Topliss-reactive ketones (excluding diaryl/α,β-unsaturated/α-hetero) is 1. The molecule has 1 atom stereocenters. The number of ether oxygens (including phenoxy) is 1. The van der Waals surface area contributed by atoms with Crippen LogP contribution in [0.2, 0.25) is 5.02 Å². The van der Waals surface area contributed by atoms with Gasteiger partial charge in [0.25, 0.3) is 0 Å². The van der Waals surface area contributed by atoms with Gasteiger partial charge in [-0.2, -0.15) is 0 Å². The molecule has 1 N–H and O–H groups in total. The molecule has 4 nitrogen and oxygen atoms in total. The lowest BCUT2D eigenvalue weighted by Crippen LogP contribution is -2.12. The molecule has 0 aromatic heterocycles. The Morgan fingerprint density at radius 3 is 2.86 bits per heavy atom. The number of nitrogens with one attached hydrogen (secondary N) is 1. The molecule has 112 valence electrons. The fourth-order valence-corrected chi connectivity index (χ4v) is 2.56. The van der Waals surface area contributed by atoms with E-state index in [1.165, 1.54) is 0 Å². The number of amides is 1. The molecule has 1 aliphatic rings. The van der Waals surface area contributed by atoms with Crippen LogP contribution in [0.4, 0.5) is 5.69 Å². The van der Waals surface area contributed by atoms with E-state index in [4.69, 9.17) is 16.3 Å². The van der Waals surface area contributed by atoms with Crippen LogP contribution in [0.5, 0.6) is 5.75 Å². The number of fused-ring (bicyclic) bond motifs is 1. The molecule has 5 heteroatoms. The molecule has 0 saturated heterocycles. The Labute approximate surface area is 133 Å². The van der Waals surface area contributed by atoms with Gasteiger partial charge < -0.3 is 10.1 Å². The number of hydrogen-bond acceptors (Lipinski definition) is 3.